The molecule has 3 aromatic carbocycles. The van der Waals surface area contributed by atoms with Crippen LogP contribution in [0.2, 0.25) is 0 Å². The molecule has 0 aliphatic heterocycles. The maximum Gasteiger partial charge on any atom is 0.270 e. The van der Waals surface area contributed by atoms with Crippen LogP contribution in [0.5, 0.6) is 5.88 Å². The number of nitro groups is 1. The number of fused-ring (bicyclic) bond motifs is 1. The van der Waals surface area contributed by atoms with Crippen molar-refractivity contribution in [2.75, 3.05) is 0 Å². The number of non-ortho nitro benzene ring substituents is 1. The van der Waals surface area contributed by atoms with E-state index in [0.29, 0.717) is 17.3 Å². The number of amides is 1. The maximum absolute atomic E-state index is 13.0. The van der Waals surface area contributed by atoms with E-state index in [1.165, 1.54) is 18.2 Å². The molecule has 1 atom stereocenters. The van der Waals surface area contributed by atoms with Gasteiger partial charge in [0.25, 0.3) is 11.6 Å². The average Bonchev–Trinajstić information content (AvgIpc) is 3.50. The van der Waals surface area contributed by atoms with Gasteiger partial charge in [-0.15, -0.1) is 10.2 Å². The number of nitrogens with zero attached hydrogens (tertiary/aromatic N) is 3. The number of hydrogen-bond acceptors (Lipinski definition) is 5. The SMILES string of the molecule is O=C(N=Nc1c(O)[nH]c2ccc([N+](=O)[O-])cc12)[C@H]1CC1(c1ccccc1)c1ccccc1. The molecular weight excluding hydrogens is 408 g/mol. The summed E-state index contributed by atoms with van der Waals surface area (Å²) in [5, 5.41) is 29.5. The molecule has 1 aliphatic rings. The van der Waals surface area contributed by atoms with E-state index in [0.717, 1.165) is 11.1 Å². The Morgan fingerprint density at radius 2 is 1.66 bits per heavy atom. The van der Waals surface area contributed by atoms with E-state index in [2.05, 4.69) is 15.2 Å². The van der Waals surface area contributed by atoms with Crippen molar-refractivity contribution in [1.29, 1.82) is 0 Å². The molecule has 1 saturated carbocycles. The van der Waals surface area contributed by atoms with Crippen LogP contribution in [0.3, 0.4) is 0 Å². The number of nitro benzene ring substituents is 1. The van der Waals surface area contributed by atoms with Crippen LogP contribution >= 0.6 is 0 Å². The predicted molar refractivity (Wildman–Crippen MR) is 118 cm³/mol. The second-order valence-corrected chi connectivity index (χ2v) is 7.81. The Morgan fingerprint density at radius 1 is 1.03 bits per heavy atom. The van der Waals surface area contributed by atoms with Crippen LogP contribution in [-0.4, -0.2) is 20.9 Å². The minimum atomic E-state index is -0.534. The van der Waals surface area contributed by atoms with Crippen LogP contribution < -0.4 is 0 Å². The lowest BCUT2D eigenvalue weighted by atomic mass is 9.85. The fourth-order valence-corrected chi connectivity index (χ4v) is 4.37. The van der Waals surface area contributed by atoms with E-state index >= 15 is 0 Å². The lowest BCUT2D eigenvalue weighted by Crippen LogP contribution is -2.16. The standard InChI is InChI=1S/C24H18N4O4/c29-22(27-26-21-18-13-17(28(31)32)11-12-20(18)25-23(21)30)19-14-24(19,15-7-3-1-4-8-15)16-9-5-2-6-10-16/h1-13,19,25,30H,14H2/t19-/m1/s1. The van der Waals surface area contributed by atoms with E-state index in [4.69, 9.17) is 0 Å². The van der Waals surface area contributed by atoms with Gasteiger partial charge in [-0.2, -0.15) is 0 Å². The lowest BCUT2D eigenvalue weighted by Gasteiger charge is -2.17. The molecular formula is C24H18N4O4. The summed E-state index contributed by atoms with van der Waals surface area (Å²) in [6.07, 6.45) is 0.601. The Labute approximate surface area is 182 Å². The van der Waals surface area contributed by atoms with Gasteiger partial charge in [0.2, 0.25) is 5.88 Å². The normalized spacial score (nSPS) is 16.9. The number of carbonyl (C=O) groups is 1. The molecule has 1 amide bonds. The Bertz CT molecular complexity index is 1320. The van der Waals surface area contributed by atoms with E-state index < -0.39 is 22.2 Å². The van der Waals surface area contributed by atoms with Crippen LogP contribution in [-0.2, 0) is 10.2 Å². The number of azo groups is 1. The van der Waals surface area contributed by atoms with Gasteiger partial charge in [0.05, 0.1) is 16.4 Å². The highest BCUT2D eigenvalue weighted by atomic mass is 16.6. The van der Waals surface area contributed by atoms with E-state index in [-0.39, 0.29) is 17.3 Å². The molecule has 5 rings (SSSR count). The topological polar surface area (TPSA) is 121 Å². The molecule has 0 spiro atoms. The summed E-state index contributed by atoms with van der Waals surface area (Å²) >= 11 is 0. The highest BCUT2D eigenvalue weighted by Gasteiger charge is 2.60. The van der Waals surface area contributed by atoms with Crippen molar-refractivity contribution < 1.29 is 14.8 Å². The van der Waals surface area contributed by atoms with E-state index in [9.17, 15) is 20.0 Å². The summed E-state index contributed by atoms with van der Waals surface area (Å²) in [4.78, 5) is 26.3. The zero-order chi connectivity index (χ0) is 22.3. The van der Waals surface area contributed by atoms with Crippen molar-refractivity contribution in [3.05, 3.63) is 100 Å². The number of rotatable bonds is 5. The molecule has 1 fully saturated rings. The lowest BCUT2D eigenvalue weighted by molar-refractivity contribution is -0.384. The molecule has 158 valence electrons. The number of aromatic amines is 1. The molecule has 1 aliphatic carbocycles. The van der Waals surface area contributed by atoms with Crippen molar-refractivity contribution in [2.24, 2.45) is 16.1 Å². The molecule has 2 N–H and O–H groups in total. The molecule has 8 heteroatoms. The summed E-state index contributed by atoms with van der Waals surface area (Å²) < 4.78 is 0. The summed E-state index contributed by atoms with van der Waals surface area (Å²) in [5.41, 5.74) is 1.91. The van der Waals surface area contributed by atoms with E-state index in [1.54, 1.807) is 0 Å². The second-order valence-electron chi connectivity index (χ2n) is 7.81. The molecule has 8 nitrogen and oxygen atoms in total. The van der Waals surface area contributed by atoms with Crippen LogP contribution in [0.25, 0.3) is 10.9 Å². The molecule has 0 saturated heterocycles. The predicted octanol–water partition coefficient (Wildman–Crippen LogP) is 5.40. The Morgan fingerprint density at radius 3 is 2.25 bits per heavy atom. The van der Waals surface area contributed by atoms with Gasteiger partial charge in [-0.05, 0) is 23.6 Å². The number of aromatic hydroxyl groups is 1. The molecule has 0 unspecified atom stereocenters. The third-order valence-corrected chi connectivity index (χ3v) is 6.03. The van der Waals surface area contributed by atoms with Gasteiger partial charge in [-0.3, -0.25) is 14.9 Å². The van der Waals surface area contributed by atoms with Gasteiger partial charge in [-0.1, -0.05) is 60.7 Å². The average molecular weight is 426 g/mol. The van der Waals surface area contributed by atoms with Crippen molar-refractivity contribution >= 4 is 28.2 Å². The highest BCUT2D eigenvalue weighted by Crippen LogP contribution is 2.59. The third kappa shape index (κ3) is 3.13. The smallest absolute Gasteiger partial charge is 0.270 e. The Hall–Kier alpha value is -4.33. The van der Waals surface area contributed by atoms with Gasteiger partial charge in [0.1, 0.15) is 0 Å². The Kier molecular flexibility index (Phi) is 4.55. The van der Waals surface area contributed by atoms with Crippen molar-refractivity contribution in [2.45, 2.75) is 11.8 Å². The monoisotopic (exact) mass is 426 g/mol. The number of carbonyl (C=O) groups excluding carboxylic acids is 1. The third-order valence-electron chi connectivity index (χ3n) is 6.03. The first-order valence-corrected chi connectivity index (χ1v) is 10.1. The first kappa shape index (κ1) is 19.6. The van der Waals surface area contributed by atoms with Crippen LogP contribution in [0.4, 0.5) is 11.4 Å². The number of aromatic nitrogens is 1. The minimum absolute atomic E-state index is 0.00252. The second kappa shape index (κ2) is 7.42. The van der Waals surface area contributed by atoms with Crippen molar-refractivity contribution in [3.8, 4) is 5.88 Å². The maximum atomic E-state index is 13.0. The summed E-state index contributed by atoms with van der Waals surface area (Å²) in [6, 6.07) is 23.7. The van der Waals surface area contributed by atoms with Crippen molar-refractivity contribution in [3.63, 3.8) is 0 Å². The van der Waals surface area contributed by atoms with E-state index in [1.807, 2.05) is 60.7 Å². The summed E-state index contributed by atoms with van der Waals surface area (Å²) in [7, 11) is 0. The molecule has 0 bridgehead atoms. The highest BCUT2D eigenvalue weighted by molar-refractivity contribution is 5.96. The van der Waals surface area contributed by atoms with Crippen LogP contribution in [0, 0.1) is 16.0 Å². The number of H-pyrrole nitrogens is 1. The number of nitrogens with one attached hydrogen (secondary N) is 1. The van der Waals surface area contributed by atoms with Crippen LogP contribution in [0.1, 0.15) is 17.5 Å². The minimum Gasteiger partial charge on any atom is -0.493 e. The van der Waals surface area contributed by atoms with Gasteiger partial charge in [0, 0.05) is 22.9 Å². The first-order chi connectivity index (χ1) is 15.5. The molecule has 4 aromatic rings. The molecule has 1 heterocycles. The van der Waals surface area contributed by atoms with Crippen molar-refractivity contribution in [1.82, 2.24) is 4.98 Å². The van der Waals surface area contributed by atoms with Gasteiger partial charge < -0.3 is 10.1 Å². The Balaban J connectivity index is 1.49. The number of hydrogen-bond donors (Lipinski definition) is 2. The fourth-order valence-electron chi connectivity index (χ4n) is 4.37. The van der Waals surface area contributed by atoms with Gasteiger partial charge in [-0.25, -0.2) is 0 Å². The van der Waals surface area contributed by atoms with Crippen LogP contribution in [0.15, 0.2) is 89.1 Å². The first-order valence-electron chi connectivity index (χ1n) is 10.1. The molecule has 1 aromatic heterocycles. The molecule has 32 heavy (non-hydrogen) atoms. The fraction of sp³-hybridized carbons (Fsp3) is 0.125. The largest absolute Gasteiger partial charge is 0.493 e. The van der Waals surface area contributed by atoms with Gasteiger partial charge in [0.15, 0.2) is 5.69 Å². The zero-order valence-electron chi connectivity index (χ0n) is 16.8. The summed E-state index contributed by atoms with van der Waals surface area (Å²) in [6.45, 7) is 0. The number of benzene rings is 3. The summed E-state index contributed by atoms with van der Waals surface area (Å²) in [5.74, 6) is -1.10. The molecule has 0 radical (unpaired) electrons. The quantitative estimate of drug-likeness (QED) is 0.252. The zero-order valence-corrected chi connectivity index (χ0v) is 16.8. The van der Waals surface area contributed by atoms with Gasteiger partial charge >= 0.3 is 0 Å².